The van der Waals surface area contributed by atoms with Gasteiger partial charge in [0.1, 0.15) is 6.33 Å². The number of rotatable bonds is 2. The van der Waals surface area contributed by atoms with Crippen molar-refractivity contribution in [3.63, 3.8) is 0 Å². The first-order chi connectivity index (χ1) is 13.3. The van der Waals surface area contributed by atoms with Gasteiger partial charge in [0.25, 0.3) is 5.91 Å². The van der Waals surface area contributed by atoms with E-state index in [1.165, 1.54) is 6.33 Å². The second-order valence-corrected chi connectivity index (χ2v) is 6.45. The highest BCUT2D eigenvalue weighted by Crippen LogP contribution is 2.33. The van der Waals surface area contributed by atoms with E-state index >= 15 is 0 Å². The van der Waals surface area contributed by atoms with E-state index in [4.69, 9.17) is 0 Å². The molecule has 4 heteroatoms. The molecule has 1 aromatic heterocycles. The lowest BCUT2D eigenvalue weighted by Crippen LogP contribution is -2.12. The summed E-state index contributed by atoms with van der Waals surface area (Å²) in [5.74, 6) is -0.157. The normalized spacial score (nSPS) is 11.1. The minimum Gasteiger partial charge on any atom is -0.320 e. The largest absolute Gasteiger partial charge is 0.320 e. The van der Waals surface area contributed by atoms with Crippen LogP contribution in [0.15, 0.2) is 85.3 Å². The van der Waals surface area contributed by atoms with Gasteiger partial charge in [-0.2, -0.15) is 0 Å². The summed E-state index contributed by atoms with van der Waals surface area (Å²) in [6.07, 6.45) is 3.31. The highest BCUT2D eigenvalue weighted by molar-refractivity contribution is 6.17. The minimum absolute atomic E-state index is 0.157. The highest BCUT2D eigenvalue weighted by Gasteiger charge is 2.12. The number of nitrogens with zero attached hydrogens (tertiary/aromatic N) is 2. The molecule has 5 aromatic rings. The van der Waals surface area contributed by atoms with Gasteiger partial charge in [-0.3, -0.25) is 4.79 Å². The van der Waals surface area contributed by atoms with Gasteiger partial charge < -0.3 is 5.32 Å². The molecule has 0 unspecified atom stereocenters. The van der Waals surface area contributed by atoms with Crippen molar-refractivity contribution < 1.29 is 4.79 Å². The standard InChI is InChI=1S/C23H15N3O/c27-23(15-6-2-1-3-7-15)26-21-12-18-10-16-8-4-5-9-17(16)11-19(18)20-13-24-14-25-22(20)21/h1-14H,(H,26,27). The van der Waals surface area contributed by atoms with E-state index in [0.29, 0.717) is 11.3 Å². The Balaban J connectivity index is 1.73. The second-order valence-electron chi connectivity index (χ2n) is 6.45. The lowest BCUT2D eigenvalue weighted by molar-refractivity contribution is 0.102. The fourth-order valence-corrected chi connectivity index (χ4v) is 3.46. The second kappa shape index (κ2) is 6.18. The van der Waals surface area contributed by atoms with E-state index in [2.05, 4.69) is 39.6 Å². The first-order valence-electron chi connectivity index (χ1n) is 8.71. The lowest BCUT2D eigenvalue weighted by atomic mass is 10.00. The topological polar surface area (TPSA) is 54.9 Å². The third kappa shape index (κ3) is 2.68. The molecule has 128 valence electrons. The Bertz CT molecular complexity index is 1310. The monoisotopic (exact) mass is 349 g/mol. The van der Waals surface area contributed by atoms with Gasteiger partial charge in [0, 0.05) is 17.1 Å². The van der Waals surface area contributed by atoms with E-state index in [9.17, 15) is 4.79 Å². The molecule has 4 aromatic carbocycles. The van der Waals surface area contributed by atoms with Crippen LogP contribution in [0.25, 0.3) is 32.4 Å². The first-order valence-corrected chi connectivity index (χ1v) is 8.71. The highest BCUT2D eigenvalue weighted by atomic mass is 16.1. The molecule has 0 aliphatic heterocycles. The molecule has 0 fully saturated rings. The molecule has 1 heterocycles. The van der Waals surface area contributed by atoms with Crippen molar-refractivity contribution in [2.24, 2.45) is 0 Å². The van der Waals surface area contributed by atoms with Crippen LogP contribution in [0.5, 0.6) is 0 Å². The summed E-state index contributed by atoms with van der Waals surface area (Å²) in [6, 6.07) is 23.7. The SMILES string of the molecule is O=C(Nc1cc2cc3ccccc3cc2c2cncnc12)c1ccccc1. The molecule has 4 nitrogen and oxygen atoms in total. The van der Waals surface area contributed by atoms with Gasteiger partial charge >= 0.3 is 0 Å². The predicted molar refractivity (Wildman–Crippen MR) is 109 cm³/mol. The van der Waals surface area contributed by atoms with Crippen molar-refractivity contribution >= 4 is 44.0 Å². The summed E-state index contributed by atoms with van der Waals surface area (Å²) in [5.41, 5.74) is 2.03. The van der Waals surface area contributed by atoms with Crippen LogP contribution in [-0.4, -0.2) is 15.9 Å². The smallest absolute Gasteiger partial charge is 0.255 e. The molecule has 5 rings (SSSR count). The van der Waals surface area contributed by atoms with Gasteiger partial charge in [-0.25, -0.2) is 9.97 Å². The first kappa shape index (κ1) is 15.5. The van der Waals surface area contributed by atoms with Crippen LogP contribution in [0, 0.1) is 0 Å². The number of aromatic nitrogens is 2. The molecule has 0 atom stereocenters. The number of anilines is 1. The molecule has 0 saturated heterocycles. The maximum atomic E-state index is 12.7. The maximum Gasteiger partial charge on any atom is 0.255 e. The number of benzene rings is 4. The number of hydrogen-bond donors (Lipinski definition) is 1. The van der Waals surface area contributed by atoms with Gasteiger partial charge in [0.05, 0.1) is 11.2 Å². The van der Waals surface area contributed by atoms with Crippen molar-refractivity contribution in [2.75, 3.05) is 5.32 Å². The van der Waals surface area contributed by atoms with Gasteiger partial charge in [-0.15, -0.1) is 0 Å². The molecule has 0 spiro atoms. The number of carbonyl (C=O) groups is 1. The Kier molecular flexibility index (Phi) is 3.54. The molecule has 1 N–H and O–H groups in total. The molecule has 1 amide bonds. The van der Waals surface area contributed by atoms with Gasteiger partial charge in [0.15, 0.2) is 0 Å². The number of fused-ring (bicyclic) bond motifs is 4. The molecule has 0 radical (unpaired) electrons. The van der Waals surface area contributed by atoms with Gasteiger partial charge in [-0.1, -0.05) is 42.5 Å². The van der Waals surface area contributed by atoms with Crippen LogP contribution in [0.1, 0.15) is 10.4 Å². The minimum atomic E-state index is -0.157. The Labute approximate surface area is 155 Å². The van der Waals surface area contributed by atoms with E-state index in [0.717, 1.165) is 32.4 Å². The molecule has 0 bridgehead atoms. The van der Waals surface area contributed by atoms with Crippen molar-refractivity contribution in [3.05, 3.63) is 90.9 Å². The third-order valence-corrected chi connectivity index (χ3v) is 4.76. The van der Waals surface area contributed by atoms with E-state index < -0.39 is 0 Å². The van der Waals surface area contributed by atoms with Crippen molar-refractivity contribution in [3.8, 4) is 0 Å². The Morgan fingerprint density at radius 2 is 1.52 bits per heavy atom. The fraction of sp³-hybridized carbons (Fsp3) is 0. The van der Waals surface area contributed by atoms with Crippen molar-refractivity contribution in [1.82, 2.24) is 9.97 Å². The van der Waals surface area contributed by atoms with Crippen LogP contribution >= 0.6 is 0 Å². The van der Waals surface area contributed by atoms with E-state index in [1.54, 1.807) is 18.3 Å². The number of hydrogen-bond acceptors (Lipinski definition) is 3. The number of amides is 1. The van der Waals surface area contributed by atoms with E-state index in [-0.39, 0.29) is 5.91 Å². The lowest BCUT2D eigenvalue weighted by Gasteiger charge is -2.12. The Hall–Kier alpha value is -3.79. The molecule has 0 aliphatic carbocycles. The Morgan fingerprint density at radius 3 is 2.33 bits per heavy atom. The fourth-order valence-electron chi connectivity index (χ4n) is 3.46. The molecule has 0 saturated carbocycles. The Morgan fingerprint density at radius 1 is 0.778 bits per heavy atom. The summed E-state index contributed by atoms with van der Waals surface area (Å²) >= 11 is 0. The zero-order chi connectivity index (χ0) is 18.2. The van der Waals surface area contributed by atoms with Crippen LogP contribution in [0.3, 0.4) is 0 Å². The number of nitrogens with one attached hydrogen (secondary N) is 1. The van der Waals surface area contributed by atoms with E-state index in [1.807, 2.05) is 36.4 Å². The third-order valence-electron chi connectivity index (χ3n) is 4.76. The molecular weight excluding hydrogens is 334 g/mol. The predicted octanol–water partition coefficient (Wildman–Crippen LogP) is 5.19. The summed E-state index contributed by atoms with van der Waals surface area (Å²) in [5, 5.41) is 8.36. The van der Waals surface area contributed by atoms with Gasteiger partial charge in [-0.05, 0) is 51.9 Å². The van der Waals surface area contributed by atoms with Crippen LogP contribution in [0.4, 0.5) is 5.69 Å². The van der Waals surface area contributed by atoms with Crippen molar-refractivity contribution in [2.45, 2.75) is 0 Å². The molecule has 0 aliphatic rings. The summed E-state index contributed by atoms with van der Waals surface area (Å²) in [7, 11) is 0. The molecular formula is C23H15N3O. The van der Waals surface area contributed by atoms with Gasteiger partial charge in [0.2, 0.25) is 0 Å². The zero-order valence-corrected chi connectivity index (χ0v) is 14.4. The number of carbonyl (C=O) groups excluding carboxylic acids is 1. The molecule has 27 heavy (non-hydrogen) atoms. The average molecular weight is 349 g/mol. The van der Waals surface area contributed by atoms with Crippen LogP contribution in [-0.2, 0) is 0 Å². The summed E-state index contributed by atoms with van der Waals surface area (Å²) in [6.45, 7) is 0. The quantitative estimate of drug-likeness (QED) is 0.352. The van der Waals surface area contributed by atoms with Crippen LogP contribution < -0.4 is 5.32 Å². The summed E-state index contributed by atoms with van der Waals surface area (Å²) in [4.78, 5) is 21.3. The average Bonchev–Trinajstić information content (AvgIpc) is 2.73. The maximum absolute atomic E-state index is 12.7. The van der Waals surface area contributed by atoms with Crippen molar-refractivity contribution in [1.29, 1.82) is 0 Å². The summed E-state index contributed by atoms with van der Waals surface area (Å²) < 4.78 is 0. The zero-order valence-electron chi connectivity index (χ0n) is 14.4. The van der Waals surface area contributed by atoms with Crippen LogP contribution in [0.2, 0.25) is 0 Å².